The first-order valence-corrected chi connectivity index (χ1v) is 9.18. The van der Waals surface area contributed by atoms with E-state index in [1.165, 1.54) is 11.1 Å². The maximum Gasteiger partial charge on any atom is 0.149 e. The summed E-state index contributed by atoms with van der Waals surface area (Å²) in [5.74, 6) is -0.326. The normalized spacial score (nSPS) is 10.9. The molecule has 3 aromatic carbocycles. The SMILES string of the molecule is CCCc1ccc(-c2ccc(-c3ccc(CC)cc3)cc2)c(F)c1Cl. The maximum atomic E-state index is 14.6. The molecule has 0 bridgehead atoms. The third-order valence-electron chi connectivity index (χ3n) is 4.57. The Morgan fingerprint density at radius 3 is 1.88 bits per heavy atom. The molecule has 0 saturated heterocycles. The lowest BCUT2D eigenvalue weighted by Gasteiger charge is -2.10. The molecule has 0 aliphatic heterocycles. The van der Waals surface area contributed by atoms with Crippen molar-refractivity contribution < 1.29 is 4.39 Å². The molecule has 0 unspecified atom stereocenters. The number of hydrogen-bond donors (Lipinski definition) is 0. The lowest BCUT2D eigenvalue weighted by molar-refractivity contribution is 0.629. The van der Waals surface area contributed by atoms with Crippen LogP contribution in [0.2, 0.25) is 5.02 Å². The van der Waals surface area contributed by atoms with Crippen LogP contribution in [0.3, 0.4) is 0 Å². The third kappa shape index (κ3) is 3.77. The molecule has 0 aliphatic rings. The summed E-state index contributed by atoms with van der Waals surface area (Å²) in [6, 6.07) is 20.3. The molecule has 0 atom stereocenters. The molecule has 25 heavy (non-hydrogen) atoms. The highest BCUT2D eigenvalue weighted by atomic mass is 35.5. The van der Waals surface area contributed by atoms with Gasteiger partial charge in [0.1, 0.15) is 5.82 Å². The van der Waals surface area contributed by atoms with E-state index in [1.54, 1.807) is 0 Å². The molecule has 0 aliphatic carbocycles. The van der Waals surface area contributed by atoms with Gasteiger partial charge in [-0.05, 0) is 40.7 Å². The van der Waals surface area contributed by atoms with Crippen LogP contribution in [-0.4, -0.2) is 0 Å². The molecule has 3 rings (SSSR count). The van der Waals surface area contributed by atoms with E-state index in [0.29, 0.717) is 5.56 Å². The van der Waals surface area contributed by atoms with E-state index in [9.17, 15) is 4.39 Å². The van der Waals surface area contributed by atoms with Crippen LogP contribution < -0.4 is 0 Å². The second kappa shape index (κ2) is 7.84. The van der Waals surface area contributed by atoms with Crippen LogP contribution in [0.5, 0.6) is 0 Å². The summed E-state index contributed by atoms with van der Waals surface area (Å²) in [5, 5.41) is 0.249. The minimum Gasteiger partial charge on any atom is -0.205 e. The molecule has 0 amide bonds. The fraction of sp³-hybridized carbons (Fsp3) is 0.217. The van der Waals surface area contributed by atoms with Crippen molar-refractivity contribution in [3.05, 3.63) is 82.6 Å². The van der Waals surface area contributed by atoms with E-state index in [0.717, 1.165) is 36.0 Å². The summed E-state index contributed by atoms with van der Waals surface area (Å²) < 4.78 is 14.6. The third-order valence-corrected chi connectivity index (χ3v) is 4.98. The highest BCUT2D eigenvalue weighted by Crippen LogP contribution is 2.32. The average Bonchev–Trinajstić information content (AvgIpc) is 2.66. The van der Waals surface area contributed by atoms with Crippen LogP contribution in [0.1, 0.15) is 31.4 Å². The van der Waals surface area contributed by atoms with Crippen LogP contribution in [0.4, 0.5) is 4.39 Å². The lowest BCUT2D eigenvalue weighted by atomic mass is 9.98. The minimum absolute atomic E-state index is 0.249. The number of rotatable bonds is 5. The molecule has 0 radical (unpaired) electrons. The predicted octanol–water partition coefficient (Wildman–Crippen LogP) is 7.33. The summed E-state index contributed by atoms with van der Waals surface area (Å²) in [4.78, 5) is 0. The van der Waals surface area contributed by atoms with Gasteiger partial charge in [-0.3, -0.25) is 0 Å². The van der Waals surface area contributed by atoms with Crippen LogP contribution in [0.15, 0.2) is 60.7 Å². The molecule has 128 valence electrons. The topological polar surface area (TPSA) is 0 Å². The van der Waals surface area contributed by atoms with Gasteiger partial charge in [-0.2, -0.15) is 0 Å². The van der Waals surface area contributed by atoms with Gasteiger partial charge in [0.05, 0.1) is 5.02 Å². The molecular weight excluding hydrogens is 331 g/mol. The van der Waals surface area contributed by atoms with Gasteiger partial charge in [-0.1, -0.05) is 92.5 Å². The van der Waals surface area contributed by atoms with Crippen molar-refractivity contribution in [2.24, 2.45) is 0 Å². The van der Waals surface area contributed by atoms with Crippen molar-refractivity contribution in [2.75, 3.05) is 0 Å². The first-order valence-electron chi connectivity index (χ1n) is 8.80. The van der Waals surface area contributed by atoms with Crippen LogP contribution in [-0.2, 0) is 12.8 Å². The van der Waals surface area contributed by atoms with E-state index >= 15 is 0 Å². The largest absolute Gasteiger partial charge is 0.205 e. The molecule has 3 aromatic rings. The van der Waals surface area contributed by atoms with Gasteiger partial charge in [-0.25, -0.2) is 4.39 Å². The Balaban J connectivity index is 1.90. The van der Waals surface area contributed by atoms with Gasteiger partial charge in [0.2, 0.25) is 0 Å². The van der Waals surface area contributed by atoms with Gasteiger partial charge in [0.15, 0.2) is 0 Å². The number of aryl methyl sites for hydroxylation is 2. The number of benzene rings is 3. The molecule has 0 aromatic heterocycles. The first-order chi connectivity index (χ1) is 12.1. The van der Waals surface area contributed by atoms with Gasteiger partial charge in [0, 0.05) is 5.56 Å². The smallest absolute Gasteiger partial charge is 0.149 e. The van der Waals surface area contributed by atoms with Crippen LogP contribution in [0, 0.1) is 5.82 Å². The van der Waals surface area contributed by atoms with Crippen molar-refractivity contribution in [3.8, 4) is 22.3 Å². The van der Waals surface area contributed by atoms with E-state index in [-0.39, 0.29) is 10.8 Å². The first kappa shape index (κ1) is 17.7. The quantitative estimate of drug-likeness (QED) is 0.451. The van der Waals surface area contributed by atoms with E-state index in [1.807, 2.05) is 36.4 Å². The number of hydrogen-bond acceptors (Lipinski definition) is 0. The monoisotopic (exact) mass is 352 g/mol. The summed E-state index contributed by atoms with van der Waals surface area (Å²) in [7, 11) is 0. The van der Waals surface area contributed by atoms with Gasteiger partial charge in [-0.15, -0.1) is 0 Å². The highest BCUT2D eigenvalue weighted by molar-refractivity contribution is 6.31. The Kier molecular flexibility index (Phi) is 5.55. The van der Waals surface area contributed by atoms with Crippen molar-refractivity contribution >= 4 is 11.6 Å². The second-order valence-corrected chi connectivity index (χ2v) is 6.66. The minimum atomic E-state index is -0.326. The van der Waals surface area contributed by atoms with Crippen molar-refractivity contribution in [1.82, 2.24) is 0 Å². The Morgan fingerprint density at radius 2 is 1.32 bits per heavy atom. The second-order valence-electron chi connectivity index (χ2n) is 6.28. The molecule has 0 heterocycles. The Morgan fingerprint density at radius 1 is 0.760 bits per heavy atom. The molecule has 0 saturated carbocycles. The maximum absolute atomic E-state index is 14.6. The standard InChI is InChI=1S/C23H22ClF/c1-3-5-20-14-15-21(23(25)22(20)24)19-12-10-18(11-13-19)17-8-6-16(4-2)7-9-17/h6-15H,3-5H2,1-2H3. The Hall–Kier alpha value is -2.12. The van der Waals surface area contributed by atoms with Gasteiger partial charge < -0.3 is 0 Å². The van der Waals surface area contributed by atoms with Crippen LogP contribution in [0.25, 0.3) is 22.3 Å². The molecule has 0 nitrogen and oxygen atoms in total. The lowest BCUT2D eigenvalue weighted by Crippen LogP contribution is -1.92. The zero-order valence-electron chi connectivity index (χ0n) is 14.7. The van der Waals surface area contributed by atoms with E-state index in [4.69, 9.17) is 11.6 Å². The van der Waals surface area contributed by atoms with E-state index < -0.39 is 0 Å². The molecule has 2 heteroatoms. The van der Waals surface area contributed by atoms with Crippen molar-refractivity contribution in [1.29, 1.82) is 0 Å². The number of halogens is 2. The average molecular weight is 353 g/mol. The Labute approximate surface area is 154 Å². The molecule has 0 N–H and O–H groups in total. The fourth-order valence-electron chi connectivity index (χ4n) is 3.05. The summed E-state index contributed by atoms with van der Waals surface area (Å²) in [5.41, 5.74) is 5.89. The predicted molar refractivity (Wildman–Crippen MR) is 106 cm³/mol. The van der Waals surface area contributed by atoms with Gasteiger partial charge in [0.25, 0.3) is 0 Å². The van der Waals surface area contributed by atoms with Gasteiger partial charge >= 0.3 is 0 Å². The van der Waals surface area contributed by atoms with Crippen molar-refractivity contribution in [2.45, 2.75) is 33.1 Å². The fourth-order valence-corrected chi connectivity index (χ4v) is 3.31. The summed E-state index contributed by atoms with van der Waals surface area (Å²) in [6.45, 7) is 4.21. The molecular formula is C23H22ClF. The van der Waals surface area contributed by atoms with E-state index in [2.05, 4.69) is 38.1 Å². The highest BCUT2D eigenvalue weighted by Gasteiger charge is 2.12. The molecule has 0 spiro atoms. The zero-order chi connectivity index (χ0) is 17.8. The van der Waals surface area contributed by atoms with Crippen molar-refractivity contribution in [3.63, 3.8) is 0 Å². The zero-order valence-corrected chi connectivity index (χ0v) is 15.4. The van der Waals surface area contributed by atoms with Crippen LogP contribution >= 0.6 is 11.6 Å². The molecule has 0 fully saturated rings. The summed E-state index contributed by atoms with van der Waals surface area (Å²) >= 11 is 6.21. The summed E-state index contributed by atoms with van der Waals surface area (Å²) in [6.07, 6.45) is 2.78. The Bertz CT molecular complexity index is 849.